The summed E-state index contributed by atoms with van der Waals surface area (Å²) in [6, 6.07) is 0. The molecular formula is C8H14O. The van der Waals surface area contributed by atoms with Crippen molar-refractivity contribution in [3.8, 4) is 11.8 Å². The normalized spacial score (nSPS) is 13.9. The smallest absolute Gasteiger partial charge is 0.111 e. The molecule has 0 rings (SSSR count). The van der Waals surface area contributed by atoms with Crippen LogP contribution in [0.1, 0.15) is 27.7 Å². The van der Waals surface area contributed by atoms with Crippen molar-refractivity contribution in [1.82, 2.24) is 0 Å². The van der Waals surface area contributed by atoms with Crippen molar-refractivity contribution in [2.24, 2.45) is 5.41 Å². The van der Waals surface area contributed by atoms with Crippen LogP contribution in [0, 0.1) is 17.3 Å². The molecule has 0 radical (unpaired) electrons. The molecule has 0 unspecified atom stereocenters. The quantitative estimate of drug-likeness (QED) is 0.487. The Kier molecular flexibility index (Phi) is 2.73. The Hall–Kier alpha value is -0.480. The minimum atomic E-state index is -0.496. The molecule has 0 heterocycles. The van der Waals surface area contributed by atoms with E-state index in [4.69, 9.17) is 5.11 Å². The number of aliphatic hydroxyl groups excluding tert-OH is 1. The lowest BCUT2D eigenvalue weighted by molar-refractivity contribution is 0.253. The number of aliphatic hydroxyl groups is 1. The SMILES string of the molecule is C[C@H](O)C#CC(C)(C)C. The minimum absolute atomic E-state index is 0.0109. The zero-order valence-electron chi connectivity index (χ0n) is 6.52. The van der Waals surface area contributed by atoms with Crippen LogP contribution in [0.2, 0.25) is 0 Å². The average Bonchev–Trinajstić information content (AvgIpc) is 1.59. The van der Waals surface area contributed by atoms with Crippen LogP contribution in [0.25, 0.3) is 0 Å². The third-order valence-electron chi connectivity index (χ3n) is 0.656. The maximum atomic E-state index is 8.74. The van der Waals surface area contributed by atoms with Crippen LogP contribution >= 0.6 is 0 Å². The predicted octanol–water partition coefficient (Wildman–Crippen LogP) is 1.42. The fourth-order valence-corrected chi connectivity index (χ4v) is 0.321. The lowest BCUT2D eigenvalue weighted by Crippen LogP contribution is -2.02. The highest BCUT2D eigenvalue weighted by atomic mass is 16.3. The van der Waals surface area contributed by atoms with Crippen molar-refractivity contribution >= 4 is 0 Å². The van der Waals surface area contributed by atoms with E-state index in [2.05, 4.69) is 11.8 Å². The van der Waals surface area contributed by atoms with Gasteiger partial charge in [-0.25, -0.2) is 0 Å². The molecule has 0 aromatic heterocycles. The van der Waals surface area contributed by atoms with E-state index < -0.39 is 6.10 Å². The molecule has 0 aromatic carbocycles. The van der Waals surface area contributed by atoms with Crippen molar-refractivity contribution in [1.29, 1.82) is 0 Å². The Morgan fingerprint density at radius 1 is 1.33 bits per heavy atom. The van der Waals surface area contributed by atoms with E-state index in [9.17, 15) is 0 Å². The molecule has 0 bridgehead atoms. The standard InChI is InChI=1S/C8H14O/c1-7(9)5-6-8(2,3)4/h7,9H,1-4H3/t7-/m0/s1. The van der Waals surface area contributed by atoms with Crippen molar-refractivity contribution in [3.05, 3.63) is 0 Å². The van der Waals surface area contributed by atoms with Gasteiger partial charge in [-0.2, -0.15) is 0 Å². The predicted molar refractivity (Wildman–Crippen MR) is 38.9 cm³/mol. The van der Waals surface area contributed by atoms with Gasteiger partial charge in [0.2, 0.25) is 0 Å². The molecule has 0 saturated heterocycles. The Morgan fingerprint density at radius 2 is 1.78 bits per heavy atom. The van der Waals surface area contributed by atoms with E-state index in [-0.39, 0.29) is 5.41 Å². The molecule has 0 fully saturated rings. The van der Waals surface area contributed by atoms with E-state index in [0.717, 1.165) is 0 Å². The van der Waals surface area contributed by atoms with Crippen LogP contribution in [0.5, 0.6) is 0 Å². The lowest BCUT2D eigenvalue weighted by Gasteiger charge is -2.06. The molecule has 0 aliphatic carbocycles. The van der Waals surface area contributed by atoms with E-state index in [1.807, 2.05) is 20.8 Å². The number of rotatable bonds is 0. The molecule has 9 heavy (non-hydrogen) atoms. The summed E-state index contributed by atoms with van der Waals surface area (Å²) in [4.78, 5) is 0. The van der Waals surface area contributed by atoms with E-state index in [0.29, 0.717) is 0 Å². The van der Waals surface area contributed by atoms with Gasteiger partial charge in [0.15, 0.2) is 0 Å². The maximum Gasteiger partial charge on any atom is 0.111 e. The summed E-state index contributed by atoms with van der Waals surface area (Å²) in [5, 5.41) is 8.74. The monoisotopic (exact) mass is 126 g/mol. The molecule has 0 saturated carbocycles. The van der Waals surface area contributed by atoms with Gasteiger partial charge in [0, 0.05) is 5.41 Å². The second-order valence-corrected chi connectivity index (χ2v) is 3.20. The van der Waals surface area contributed by atoms with Crippen LogP contribution in [-0.4, -0.2) is 11.2 Å². The zero-order chi connectivity index (χ0) is 7.49. The molecular weight excluding hydrogens is 112 g/mol. The molecule has 0 aliphatic rings. The topological polar surface area (TPSA) is 20.2 Å². The van der Waals surface area contributed by atoms with Gasteiger partial charge in [-0.3, -0.25) is 0 Å². The van der Waals surface area contributed by atoms with Gasteiger partial charge in [-0.05, 0) is 27.7 Å². The van der Waals surface area contributed by atoms with Crippen LogP contribution in [0.3, 0.4) is 0 Å². The van der Waals surface area contributed by atoms with Crippen LogP contribution in [-0.2, 0) is 0 Å². The van der Waals surface area contributed by atoms with Crippen molar-refractivity contribution < 1.29 is 5.11 Å². The largest absolute Gasteiger partial charge is 0.381 e. The van der Waals surface area contributed by atoms with E-state index in [1.165, 1.54) is 0 Å². The van der Waals surface area contributed by atoms with Crippen LogP contribution in [0.4, 0.5) is 0 Å². The fourth-order valence-electron chi connectivity index (χ4n) is 0.321. The minimum Gasteiger partial charge on any atom is -0.381 e. The Balaban J connectivity index is 3.88. The first-order chi connectivity index (χ1) is 3.92. The van der Waals surface area contributed by atoms with Crippen LogP contribution < -0.4 is 0 Å². The lowest BCUT2D eigenvalue weighted by atomic mass is 9.98. The Morgan fingerprint density at radius 3 is 1.89 bits per heavy atom. The summed E-state index contributed by atoms with van der Waals surface area (Å²) in [5.41, 5.74) is 0.0109. The molecule has 0 aliphatic heterocycles. The van der Waals surface area contributed by atoms with Gasteiger partial charge in [0.25, 0.3) is 0 Å². The van der Waals surface area contributed by atoms with Gasteiger partial charge < -0.3 is 5.11 Å². The molecule has 1 atom stereocenters. The molecule has 1 N–H and O–H groups in total. The van der Waals surface area contributed by atoms with Gasteiger partial charge in [-0.15, -0.1) is 0 Å². The zero-order valence-corrected chi connectivity index (χ0v) is 6.52. The van der Waals surface area contributed by atoms with Crippen LogP contribution in [0.15, 0.2) is 0 Å². The Labute approximate surface area is 57.1 Å². The first kappa shape index (κ1) is 8.52. The highest BCUT2D eigenvalue weighted by Gasteiger charge is 2.03. The fraction of sp³-hybridized carbons (Fsp3) is 0.750. The third kappa shape index (κ3) is 7.52. The molecule has 0 spiro atoms. The van der Waals surface area contributed by atoms with Crippen molar-refractivity contribution in [2.45, 2.75) is 33.8 Å². The summed E-state index contributed by atoms with van der Waals surface area (Å²) in [6.45, 7) is 7.71. The molecule has 0 amide bonds. The van der Waals surface area contributed by atoms with Crippen molar-refractivity contribution in [3.63, 3.8) is 0 Å². The molecule has 1 nitrogen and oxygen atoms in total. The first-order valence-electron chi connectivity index (χ1n) is 3.12. The second-order valence-electron chi connectivity index (χ2n) is 3.20. The summed E-state index contributed by atoms with van der Waals surface area (Å²) in [5.74, 6) is 5.61. The highest BCUT2D eigenvalue weighted by Crippen LogP contribution is 2.09. The first-order valence-corrected chi connectivity index (χ1v) is 3.12. The van der Waals surface area contributed by atoms with Gasteiger partial charge in [0.1, 0.15) is 6.10 Å². The summed E-state index contributed by atoms with van der Waals surface area (Å²) >= 11 is 0. The van der Waals surface area contributed by atoms with E-state index >= 15 is 0 Å². The highest BCUT2D eigenvalue weighted by molar-refractivity contribution is 5.09. The summed E-state index contributed by atoms with van der Waals surface area (Å²) < 4.78 is 0. The average molecular weight is 126 g/mol. The summed E-state index contributed by atoms with van der Waals surface area (Å²) in [7, 11) is 0. The Bertz CT molecular complexity index is 129. The van der Waals surface area contributed by atoms with Gasteiger partial charge in [-0.1, -0.05) is 11.8 Å². The molecule has 52 valence electrons. The molecule has 0 aromatic rings. The third-order valence-corrected chi connectivity index (χ3v) is 0.656. The van der Waals surface area contributed by atoms with Gasteiger partial charge >= 0.3 is 0 Å². The molecule has 1 heteroatoms. The second kappa shape index (κ2) is 2.89. The number of hydrogen-bond donors (Lipinski definition) is 1. The van der Waals surface area contributed by atoms with Crippen molar-refractivity contribution in [2.75, 3.05) is 0 Å². The summed E-state index contributed by atoms with van der Waals surface area (Å²) in [6.07, 6.45) is -0.496. The maximum absolute atomic E-state index is 8.74. The number of hydrogen-bond acceptors (Lipinski definition) is 1. The van der Waals surface area contributed by atoms with E-state index in [1.54, 1.807) is 6.92 Å². The van der Waals surface area contributed by atoms with Gasteiger partial charge in [0.05, 0.1) is 0 Å².